The van der Waals surface area contributed by atoms with Gasteiger partial charge in [0, 0.05) is 43.7 Å². The minimum absolute atomic E-state index is 0.00506. The van der Waals surface area contributed by atoms with Gasteiger partial charge in [0.05, 0.1) is 12.7 Å². The molecule has 0 aromatic heterocycles. The van der Waals surface area contributed by atoms with E-state index in [9.17, 15) is 18.4 Å². The van der Waals surface area contributed by atoms with Crippen molar-refractivity contribution >= 4 is 12.1 Å². The first kappa shape index (κ1) is 28.1. The average molecular weight is 549 g/mol. The normalized spacial score (nSPS) is 30.8. The summed E-state index contributed by atoms with van der Waals surface area (Å²) in [5, 5.41) is 17.7. The molecule has 5 unspecified atom stereocenters. The molecule has 1 heterocycles. The number of ether oxygens (including phenoxy) is 1. The molecule has 3 amide bonds. The Balaban J connectivity index is 1.24. The number of carbonyl (C=O) groups excluding carboxylic acids is 1. The maximum absolute atomic E-state index is 14.8. The van der Waals surface area contributed by atoms with Gasteiger partial charge in [0.25, 0.3) is 0 Å². The molecule has 10 heteroatoms. The van der Waals surface area contributed by atoms with Gasteiger partial charge in [-0.1, -0.05) is 0 Å². The van der Waals surface area contributed by atoms with Gasteiger partial charge in [-0.05, 0) is 99.8 Å². The second-order valence-corrected chi connectivity index (χ2v) is 12.4. The first-order valence-electron chi connectivity index (χ1n) is 14.5. The summed E-state index contributed by atoms with van der Waals surface area (Å²) in [6.07, 6.45) is 7.11. The van der Waals surface area contributed by atoms with E-state index in [1.165, 1.54) is 32.1 Å². The van der Waals surface area contributed by atoms with Gasteiger partial charge in [-0.2, -0.15) is 0 Å². The number of benzene rings is 1. The minimum Gasteiger partial charge on any atom is -0.465 e. The summed E-state index contributed by atoms with van der Waals surface area (Å²) in [5.41, 5.74) is 0.460. The zero-order valence-corrected chi connectivity index (χ0v) is 22.8. The van der Waals surface area contributed by atoms with Crippen LogP contribution in [-0.4, -0.2) is 68.0 Å². The number of carboxylic acid groups (broad SMARTS) is 1. The van der Waals surface area contributed by atoms with E-state index in [2.05, 4.69) is 16.0 Å². The molecule has 5 fully saturated rings. The number of halogens is 2. The monoisotopic (exact) mass is 548 g/mol. The fraction of sp³-hybridized carbons (Fsp3) is 0.724. The highest BCUT2D eigenvalue weighted by Gasteiger charge is 2.57. The van der Waals surface area contributed by atoms with E-state index < -0.39 is 23.8 Å². The summed E-state index contributed by atoms with van der Waals surface area (Å²) in [5.74, 6) is 1.12. The van der Waals surface area contributed by atoms with E-state index in [-0.39, 0.29) is 36.7 Å². The van der Waals surface area contributed by atoms with Crippen LogP contribution in [0.3, 0.4) is 0 Å². The molecular formula is C29H42F2N4O4. The fourth-order valence-electron chi connectivity index (χ4n) is 8.47. The van der Waals surface area contributed by atoms with Crippen LogP contribution in [0.2, 0.25) is 0 Å². The maximum atomic E-state index is 14.8. The zero-order valence-electron chi connectivity index (χ0n) is 22.8. The lowest BCUT2D eigenvalue weighted by Gasteiger charge is -2.39. The van der Waals surface area contributed by atoms with Crippen molar-refractivity contribution in [3.8, 4) is 0 Å². The Morgan fingerprint density at radius 3 is 2.69 bits per heavy atom. The van der Waals surface area contributed by atoms with Gasteiger partial charge < -0.3 is 30.7 Å². The molecule has 8 nitrogen and oxygen atoms in total. The molecule has 5 aliphatic rings. The van der Waals surface area contributed by atoms with E-state index >= 15 is 0 Å². The summed E-state index contributed by atoms with van der Waals surface area (Å²) >= 11 is 0. The number of amides is 3. The molecule has 1 aromatic carbocycles. The molecule has 4 saturated carbocycles. The molecule has 1 aromatic rings. The van der Waals surface area contributed by atoms with Crippen LogP contribution in [0.1, 0.15) is 63.0 Å². The van der Waals surface area contributed by atoms with Crippen molar-refractivity contribution in [1.29, 1.82) is 0 Å². The number of nitrogens with zero attached hydrogens (tertiary/aromatic N) is 1. The van der Waals surface area contributed by atoms with Crippen molar-refractivity contribution in [2.75, 3.05) is 39.8 Å². The van der Waals surface area contributed by atoms with Gasteiger partial charge in [-0.15, -0.1) is 0 Å². The maximum Gasteiger partial charge on any atom is 0.404 e. The summed E-state index contributed by atoms with van der Waals surface area (Å²) in [6, 6.07) is 3.19. The quantitative estimate of drug-likeness (QED) is 0.305. The van der Waals surface area contributed by atoms with Crippen LogP contribution in [0.4, 0.5) is 18.4 Å². The second kappa shape index (κ2) is 12.0. The molecule has 1 aliphatic heterocycles. The van der Waals surface area contributed by atoms with E-state index in [1.54, 1.807) is 4.90 Å². The molecule has 1 saturated heterocycles. The number of likely N-dealkylation sites (tertiary alicyclic amines) is 1. The Bertz CT molecular complexity index is 1030. The molecule has 6 rings (SSSR count). The Kier molecular flexibility index (Phi) is 8.61. The molecule has 5 atom stereocenters. The Morgan fingerprint density at radius 1 is 1.21 bits per heavy atom. The van der Waals surface area contributed by atoms with Crippen molar-refractivity contribution in [2.45, 2.75) is 63.5 Å². The lowest BCUT2D eigenvalue weighted by molar-refractivity contribution is -0.0107. The summed E-state index contributed by atoms with van der Waals surface area (Å²) in [4.78, 5) is 26.1. The van der Waals surface area contributed by atoms with Gasteiger partial charge in [0.2, 0.25) is 0 Å². The highest BCUT2D eigenvalue weighted by atomic mass is 19.1. The highest BCUT2D eigenvalue weighted by molar-refractivity contribution is 5.74. The van der Waals surface area contributed by atoms with E-state index in [0.717, 1.165) is 42.4 Å². The van der Waals surface area contributed by atoms with Crippen LogP contribution in [0.25, 0.3) is 0 Å². The third-order valence-electron chi connectivity index (χ3n) is 9.70. The molecule has 0 spiro atoms. The predicted octanol–water partition coefficient (Wildman–Crippen LogP) is 4.52. The van der Waals surface area contributed by atoms with E-state index in [4.69, 9.17) is 9.84 Å². The van der Waals surface area contributed by atoms with Crippen LogP contribution in [0.15, 0.2) is 18.2 Å². The average Bonchev–Trinajstić information content (AvgIpc) is 3.28. The Labute approximate surface area is 229 Å². The van der Waals surface area contributed by atoms with Gasteiger partial charge in [0.15, 0.2) is 0 Å². The predicted molar refractivity (Wildman–Crippen MR) is 142 cm³/mol. The van der Waals surface area contributed by atoms with Crippen LogP contribution in [0.5, 0.6) is 0 Å². The lowest BCUT2D eigenvalue weighted by Crippen LogP contribution is -2.52. The van der Waals surface area contributed by atoms with Gasteiger partial charge in [0.1, 0.15) is 11.6 Å². The fourth-order valence-corrected chi connectivity index (χ4v) is 8.47. The third-order valence-corrected chi connectivity index (χ3v) is 9.70. The standard InChI is InChI=1S/C29H42F2N4O4/c1-32-16-23(15-29-13-18-9-19(14-29)11-21(29)10-18)34-27(36)35-7-2-3-20(17-35)26(39-8-6-33-28(37)38)24-12-22(30)4-5-25(24)31/h4-5,12,18-21,23,26,32-33H,2-3,6-11,13-17H2,1H3,(H,34,36)(H,37,38). The number of hydrogen-bond donors (Lipinski definition) is 4. The first-order chi connectivity index (χ1) is 18.8. The zero-order chi connectivity index (χ0) is 27.6. The van der Waals surface area contributed by atoms with Crippen molar-refractivity contribution in [1.82, 2.24) is 20.9 Å². The number of carbonyl (C=O) groups is 2. The smallest absolute Gasteiger partial charge is 0.404 e. The molecule has 4 N–H and O–H groups in total. The molecule has 0 radical (unpaired) electrons. The number of hydrogen-bond acceptors (Lipinski definition) is 4. The number of rotatable bonds is 11. The number of nitrogens with one attached hydrogen (secondary N) is 3. The van der Waals surface area contributed by atoms with Crippen molar-refractivity contribution < 1.29 is 28.2 Å². The lowest BCUT2D eigenvalue weighted by atomic mass is 9.72. The van der Waals surface area contributed by atoms with Crippen LogP contribution in [-0.2, 0) is 4.74 Å². The largest absolute Gasteiger partial charge is 0.465 e. The summed E-state index contributed by atoms with van der Waals surface area (Å²) in [7, 11) is 1.92. The van der Waals surface area contributed by atoms with Crippen LogP contribution >= 0.6 is 0 Å². The molecular weight excluding hydrogens is 506 g/mol. The Morgan fingerprint density at radius 2 is 1.97 bits per heavy atom. The van der Waals surface area contributed by atoms with E-state index in [1.807, 2.05) is 7.05 Å². The third kappa shape index (κ3) is 6.32. The summed E-state index contributed by atoms with van der Waals surface area (Å²) < 4.78 is 34.8. The van der Waals surface area contributed by atoms with Crippen LogP contribution in [0, 0.1) is 40.7 Å². The molecule has 4 bridgehead atoms. The topological polar surface area (TPSA) is 103 Å². The van der Waals surface area contributed by atoms with Crippen molar-refractivity contribution in [3.05, 3.63) is 35.4 Å². The van der Waals surface area contributed by atoms with Crippen LogP contribution < -0.4 is 16.0 Å². The van der Waals surface area contributed by atoms with Gasteiger partial charge >= 0.3 is 12.1 Å². The highest BCUT2D eigenvalue weighted by Crippen LogP contribution is 2.67. The van der Waals surface area contributed by atoms with Gasteiger partial charge in [-0.3, -0.25) is 0 Å². The van der Waals surface area contributed by atoms with Gasteiger partial charge in [-0.25, -0.2) is 18.4 Å². The summed E-state index contributed by atoms with van der Waals surface area (Å²) in [6.45, 7) is 1.68. The number of urea groups is 1. The SMILES string of the molecule is CNCC(CC12CC3CC(CC1C3)C2)NC(=O)N1CCCC(C(OCCNC(=O)O)c2cc(F)ccc2F)C1. The molecule has 216 valence electrons. The minimum atomic E-state index is -1.18. The number of piperidine rings is 1. The first-order valence-corrected chi connectivity index (χ1v) is 14.5. The molecule has 4 aliphatic carbocycles. The number of likely N-dealkylation sites (N-methyl/N-ethyl adjacent to an activating group) is 1. The Hall–Kier alpha value is -2.46. The van der Waals surface area contributed by atoms with E-state index in [0.29, 0.717) is 37.9 Å². The van der Waals surface area contributed by atoms with Crippen molar-refractivity contribution in [3.63, 3.8) is 0 Å². The second-order valence-electron chi connectivity index (χ2n) is 12.4. The molecule has 39 heavy (non-hydrogen) atoms. The van der Waals surface area contributed by atoms with Crippen molar-refractivity contribution in [2.24, 2.45) is 29.1 Å².